The Kier molecular flexibility index (Phi) is 7.49. The summed E-state index contributed by atoms with van der Waals surface area (Å²) in [4.78, 5) is 32.0. The quantitative estimate of drug-likeness (QED) is 0.220. The molecule has 0 amide bonds. The Balaban J connectivity index is 1.34. The summed E-state index contributed by atoms with van der Waals surface area (Å²) in [5.41, 5.74) is 5.64. The first-order valence-corrected chi connectivity index (χ1v) is 14.1. The molecule has 5 aromatic rings. The Morgan fingerprint density at radius 1 is 0.976 bits per heavy atom. The third-order valence-corrected chi connectivity index (χ3v) is 8.24. The van der Waals surface area contributed by atoms with Crippen LogP contribution in [0.5, 0.6) is 0 Å². The monoisotopic (exact) mass is 564 g/mol. The molecule has 6 rings (SSSR count). The van der Waals surface area contributed by atoms with Gasteiger partial charge >= 0.3 is 0 Å². The fraction of sp³-hybridized carbons (Fsp3) is 0.290. The molecule has 1 atom stereocenters. The lowest BCUT2D eigenvalue weighted by Gasteiger charge is -2.39. The highest BCUT2D eigenvalue weighted by atomic mass is 16.6. The Bertz CT molecular complexity index is 1770. The van der Waals surface area contributed by atoms with Gasteiger partial charge in [-0.2, -0.15) is 0 Å². The van der Waals surface area contributed by atoms with Crippen LogP contribution in [-0.4, -0.2) is 61.2 Å². The number of aromatic amines is 1. The number of non-ortho nitro benzene ring substituents is 1. The molecule has 1 unspecified atom stereocenters. The molecule has 0 saturated carbocycles. The van der Waals surface area contributed by atoms with E-state index in [0.717, 1.165) is 34.1 Å². The molecular weight excluding hydrogens is 532 g/mol. The summed E-state index contributed by atoms with van der Waals surface area (Å²) in [6.07, 6.45) is 0.756. The molecule has 11 nitrogen and oxygen atoms in total. The zero-order chi connectivity index (χ0) is 29.2. The van der Waals surface area contributed by atoms with Gasteiger partial charge in [-0.1, -0.05) is 42.5 Å². The fourth-order valence-corrected chi connectivity index (χ4v) is 5.71. The minimum Gasteiger partial charge on any atom is -0.369 e. The van der Waals surface area contributed by atoms with Gasteiger partial charge in [0.15, 0.2) is 5.82 Å². The molecule has 1 aliphatic heterocycles. The van der Waals surface area contributed by atoms with Gasteiger partial charge < -0.3 is 9.88 Å². The van der Waals surface area contributed by atoms with E-state index in [4.69, 9.17) is 0 Å². The van der Waals surface area contributed by atoms with Crippen LogP contribution in [-0.2, 0) is 13.0 Å². The summed E-state index contributed by atoms with van der Waals surface area (Å²) < 4.78 is 1.81. The van der Waals surface area contributed by atoms with Crippen LogP contribution in [0.2, 0.25) is 0 Å². The number of nitrogens with one attached hydrogen (secondary N) is 1. The number of nitro benzene ring substituents is 1. The maximum absolute atomic E-state index is 13.7. The molecule has 0 radical (unpaired) electrons. The highest BCUT2D eigenvalue weighted by Gasteiger charge is 2.33. The van der Waals surface area contributed by atoms with Gasteiger partial charge in [-0.15, -0.1) is 5.10 Å². The summed E-state index contributed by atoms with van der Waals surface area (Å²) in [5, 5.41) is 24.9. The van der Waals surface area contributed by atoms with Crippen molar-refractivity contribution in [2.24, 2.45) is 0 Å². The normalized spacial score (nSPS) is 14.8. The summed E-state index contributed by atoms with van der Waals surface area (Å²) in [6.45, 7) is 7.30. The number of aromatic nitrogens is 5. The predicted octanol–water partition coefficient (Wildman–Crippen LogP) is 4.19. The number of tetrazole rings is 1. The van der Waals surface area contributed by atoms with Crippen molar-refractivity contribution in [2.45, 2.75) is 32.9 Å². The lowest BCUT2D eigenvalue weighted by Crippen LogP contribution is -2.49. The van der Waals surface area contributed by atoms with Crippen LogP contribution in [0.4, 0.5) is 11.4 Å². The number of hydrogen-bond donors (Lipinski definition) is 1. The first kappa shape index (κ1) is 27.3. The van der Waals surface area contributed by atoms with E-state index in [9.17, 15) is 14.9 Å². The zero-order valence-corrected chi connectivity index (χ0v) is 23.6. The Hall–Kier alpha value is -4.90. The minimum absolute atomic E-state index is 0.0701. The first-order chi connectivity index (χ1) is 20.4. The number of benzene rings is 3. The van der Waals surface area contributed by atoms with E-state index in [2.05, 4.69) is 48.5 Å². The van der Waals surface area contributed by atoms with E-state index in [1.54, 1.807) is 12.1 Å². The summed E-state index contributed by atoms with van der Waals surface area (Å²) in [5.74, 6) is 0.628. The molecule has 3 aromatic carbocycles. The fourth-order valence-electron chi connectivity index (χ4n) is 5.71. The number of H-pyrrole nitrogens is 1. The first-order valence-electron chi connectivity index (χ1n) is 14.1. The summed E-state index contributed by atoms with van der Waals surface area (Å²) in [6, 6.07) is 22.5. The second-order valence-electron chi connectivity index (χ2n) is 10.7. The third kappa shape index (κ3) is 5.38. The van der Waals surface area contributed by atoms with Gasteiger partial charge in [0.05, 0.1) is 10.4 Å². The van der Waals surface area contributed by atoms with Crippen molar-refractivity contribution < 1.29 is 4.92 Å². The van der Waals surface area contributed by atoms with Crippen molar-refractivity contribution in [2.75, 3.05) is 31.1 Å². The molecule has 0 aliphatic carbocycles. The van der Waals surface area contributed by atoms with Crippen molar-refractivity contribution in [1.82, 2.24) is 30.1 Å². The lowest BCUT2D eigenvalue weighted by atomic mass is 9.99. The van der Waals surface area contributed by atoms with Crippen LogP contribution in [0, 0.1) is 24.0 Å². The van der Waals surface area contributed by atoms with Crippen LogP contribution >= 0.6 is 0 Å². The molecule has 214 valence electrons. The van der Waals surface area contributed by atoms with Gasteiger partial charge in [0.25, 0.3) is 11.2 Å². The highest BCUT2D eigenvalue weighted by molar-refractivity contribution is 5.83. The van der Waals surface area contributed by atoms with Gasteiger partial charge in [0.1, 0.15) is 6.04 Å². The third-order valence-electron chi connectivity index (χ3n) is 8.24. The Morgan fingerprint density at radius 3 is 2.43 bits per heavy atom. The van der Waals surface area contributed by atoms with Crippen LogP contribution in [0.3, 0.4) is 0 Å². The maximum Gasteiger partial charge on any atom is 0.269 e. The van der Waals surface area contributed by atoms with Crippen molar-refractivity contribution in [3.63, 3.8) is 0 Å². The topological polar surface area (TPSA) is 126 Å². The largest absolute Gasteiger partial charge is 0.369 e. The van der Waals surface area contributed by atoms with E-state index in [1.807, 2.05) is 48.9 Å². The standard InChI is InChI=1S/C31H32N8O3/c1-21-8-9-24-20-27(31(40)32-28(24)22(21)2)29(30-33-34-35-38(30)15-14-23-6-4-3-5-7-23)37-18-16-36(17-19-37)25-10-12-26(13-11-25)39(41)42/h3-13,20,29H,14-19H2,1-2H3,(H,32,40). The van der Waals surface area contributed by atoms with E-state index in [1.165, 1.54) is 17.7 Å². The number of rotatable bonds is 8. The van der Waals surface area contributed by atoms with Crippen LogP contribution in [0.25, 0.3) is 10.9 Å². The van der Waals surface area contributed by atoms with Crippen LogP contribution < -0.4 is 10.5 Å². The summed E-state index contributed by atoms with van der Waals surface area (Å²) >= 11 is 0. The molecular formula is C31H32N8O3. The molecule has 1 N–H and O–H groups in total. The molecule has 1 aliphatic rings. The number of nitro groups is 1. The number of hydrogen-bond acceptors (Lipinski definition) is 8. The van der Waals surface area contributed by atoms with E-state index >= 15 is 0 Å². The molecule has 2 aromatic heterocycles. The number of anilines is 1. The van der Waals surface area contributed by atoms with Crippen molar-refractivity contribution in [3.8, 4) is 0 Å². The number of pyridine rings is 1. The van der Waals surface area contributed by atoms with E-state index in [-0.39, 0.29) is 11.2 Å². The van der Waals surface area contributed by atoms with Gasteiger partial charge in [-0.3, -0.25) is 19.8 Å². The number of piperazine rings is 1. The summed E-state index contributed by atoms with van der Waals surface area (Å²) in [7, 11) is 0. The average Bonchev–Trinajstić information content (AvgIpc) is 3.48. The van der Waals surface area contributed by atoms with Crippen molar-refractivity contribution >= 4 is 22.3 Å². The van der Waals surface area contributed by atoms with Gasteiger partial charge in [-0.25, -0.2) is 4.68 Å². The highest BCUT2D eigenvalue weighted by Crippen LogP contribution is 2.30. The van der Waals surface area contributed by atoms with E-state index < -0.39 is 11.0 Å². The SMILES string of the molecule is Cc1ccc2cc(C(c3nnnn3CCc3ccccc3)N3CCN(c4ccc([N+](=O)[O-])cc4)CC3)c(=O)[nH]c2c1C. The predicted molar refractivity (Wildman–Crippen MR) is 161 cm³/mol. The van der Waals surface area contributed by atoms with Crippen LogP contribution in [0.1, 0.15) is 34.1 Å². The zero-order valence-electron chi connectivity index (χ0n) is 23.6. The average molecular weight is 565 g/mol. The molecule has 1 fully saturated rings. The lowest BCUT2D eigenvalue weighted by molar-refractivity contribution is -0.384. The minimum atomic E-state index is -0.454. The van der Waals surface area contributed by atoms with Crippen molar-refractivity contribution in [3.05, 3.63) is 121 Å². The second kappa shape index (κ2) is 11.5. The number of aryl methyl sites for hydroxylation is 4. The molecule has 1 saturated heterocycles. The van der Waals surface area contributed by atoms with E-state index in [0.29, 0.717) is 44.1 Å². The molecule has 11 heteroatoms. The molecule has 0 bridgehead atoms. The van der Waals surface area contributed by atoms with Gasteiger partial charge in [-0.05, 0) is 71.0 Å². The Morgan fingerprint density at radius 2 is 1.71 bits per heavy atom. The molecule has 0 spiro atoms. The number of nitrogens with zero attached hydrogens (tertiary/aromatic N) is 7. The van der Waals surface area contributed by atoms with Crippen molar-refractivity contribution in [1.29, 1.82) is 0 Å². The Labute approximate surface area is 242 Å². The number of fused-ring (bicyclic) bond motifs is 1. The van der Waals surface area contributed by atoms with Crippen LogP contribution in [0.15, 0.2) is 77.6 Å². The smallest absolute Gasteiger partial charge is 0.269 e. The maximum atomic E-state index is 13.7. The molecule has 3 heterocycles. The van der Waals surface area contributed by atoms with Gasteiger partial charge in [0, 0.05) is 56.1 Å². The second-order valence-corrected chi connectivity index (χ2v) is 10.7. The van der Waals surface area contributed by atoms with Gasteiger partial charge in [0.2, 0.25) is 0 Å². The molecule has 42 heavy (non-hydrogen) atoms.